The van der Waals surface area contributed by atoms with Gasteiger partial charge in [-0.1, -0.05) is 48.0 Å². The quantitative estimate of drug-likeness (QED) is 0.249. The van der Waals surface area contributed by atoms with E-state index in [1.807, 2.05) is 48.5 Å². The van der Waals surface area contributed by atoms with Crippen LogP contribution >= 0.6 is 11.6 Å². The second-order valence-corrected chi connectivity index (χ2v) is 10.8. The number of carbonyl (C=O) groups excluding carboxylic acids is 2. The normalized spacial score (nSPS) is 13.9. The molecule has 37 heavy (non-hydrogen) atoms. The van der Waals surface area contributed by atoms with Crippen molar-refractivity contribution in [3.63, 3.8) is 0 Å². The van der Waals surface area contributed by atoms with Crippen molar-refractivity contribution in [2.45, 2.75) is 65.5 Å². The van der Waals surface area contributed by atoms with E-state index in [2.05, 4.69) is 5.32 Å². The third-order valence-electron chi connectivity index (χ3n) is 5.65. The number of hydrogen-bond acceptors (Lipinski definition) is 6. The number of benzene rings is 2. The van der Waals surface area contributed by atoms with E-state index in [9.17, 15) is 9.59 Å². The predicted molar refractivity (Wildman–Crippen MR) is 146 cm³/mol. The van der Waals surface area contributed by atoms with Crippen molar-refractivity contribution in [2.24, 2.45) is 5.41 Å². The lowest BCUT2D eigenvalue weighted by atomic mass is 9.82. The lowest BCUT2D eigenvalue weighted by Gasteiger charge is -2.32. The van der Waals surface area contributed by atoms with Crippen molar-refractivity contribution in [3.8, 4) is 11.1 Å². The third kappa shape index (κ3) is 10.7. The summed E-state index contributed by atoms with van der Waals surface area (Å²) >= 11 is 6.14. The Hall–Kier alpha value is -2.61. The maximum absolute atomic E-state index is 13.0. The number of hydrogen-bond donors (Lipinski definition) is 2. The van der Waals surface area contributed by atoms with Crippen molar-refractivity contribution in [1.29, 1.82) is 0 Å². The van der Waals surface area contributed by atoms with Gasteiger partial charge in [0.1, 0.15) is 5.60 Å². The maximum atomic E-state index is 13.0. The van der Waals surface area contributed by atoms with E-state index < -0.39 is 29.1 Å². The molecule has 2 rings (SSSR count). The summed E-state index contributed by atoms with van der Waals surface area (Å²) in [5, 5.41) is 12.7. The summed E-state index contributed by atoms with van der Waals surface area (Å²) < 4.78 is 16.5. The highest BCUT2D eigenvalue weighted by molar-refractivity contribution is 6.30. The Morgan fingerprint density at radius 2 is 1.76 bits per heavy atom. The van der Waals surface area contributed by atoms with E-state index in [0.29, 0.717) is 24.5 Å². The third-order valence-corrected chi connectivity index (χ3v) is 5.88. The molecule has 0 spiro atoms. The second kappa shape index (κ2) is 14.4. The van der Waals surface area contributed by atoms with Crippen LogP contribution < -0.4 is 5.32 Å². The molecule has 0 radical (unpaired) electrons. The fourth-order valence-electron chi connectivity index (χ4n) is 3.95. The molecule has 0 bridgehead atoms. The van der Waals surface area contributed by atoms with Crippen LogP contribution in [0.4, 0.5) is 4.79 Å². The van der Waals surface area contributed by atoms with E-state index in [4.69, 9.17) is 30.9 Å². The van der Waals surface area contributed by atoms with Gasteiger partial charge in [-0.15, -0.1) is 0 Å². The highest BCUT2D eigenvalue weighted by atomic mass is 35.5. The predicted octanol–water partition coefficient (Wildman–Crippen LogP) is 5.80. The molecule has 0 heterocycles. The minimum atomic E-state index is -1.01. The Bertz CT molecular complexity index is 1000. The molecule has 7 nitrogen and oxygen atoms in total. The zero-order chi connectivity index (χ0) is 27.5. The highest BCUT2D eigenvalue weighted by Gasteiger charge is 2.38. The zero-order valence-corrected chi connectivity index (χ0v) is 23.3. The molecule has 0 aromatic heterocycles. The number of aliphatic hydroxyl groups is 1. The first kappa shape index (κ1) is 30.6. The first-order valence-corrected chi connectivity index (χ1v) is 13.0. The SMILES string of the molecule is CCOC(=O)C(C)(COCCCO)C[C@@H](Cc1ccc(-c2cccc(Cl)c2)cc1)NC(=O)OC(C)(C)C. The number of carbonyl (C=O) groups is 2. The van der Waals surface area contributed by atoms with Gasteiger partial charge in [0.15, 0.2) is 0 Å². The fraction of sp³-hybridized carbons (Fsp3) is 0.517. The molecule has 204 valence electrons. The second-order valence-electron chi connectivity index (χ2n) is 10.4. The van der Waals surface area contributed by atoms with E-state index in [-0.39, 0.29) is 26.2 Å². The van der Waals surface area contributed by atoms with Crippen LogP contribution in [0.25, 0.3) is 11.1 Å². The van der Waals surface area contributed by atoms with E-state index in [0.717, 1.165) is 16.7 Å². The van der Waals surface area contributed by atoms with Crippen LogP contribution in [0.5, 0.6) is 0 Å². The minimum absolute atomic E-state index is 0.00409. The van der Waals surface area contributed by atoms with Gasteiger partial charge in [-0.05, 0) is 82.7 Å². The number of ether oxygens (including phenoxy) is 3. The fourth-order valence-corrected chi connectivity index (χ4v) is 4.14. The van der Waals surface area contributed by atoms with Gasteiger partial charge in [-0.3, -0.25) is 4.79 Å². The van der Waals surface area contributed by atoms with Crippen molar-refractivity contribution in [2.75, 3.05) is 26.4 Å². The summed E-state index contributed by atoms with van der Waals surface area (Å²) in [7, 11) is 0. The van der Waals surface area contributed by atoms with Gasteiger partial charge in [0.25, 0.3) is 0 Å². The summed E-state index contributed by atoms with van der Waals surface area (Å²) in [6, 6.07) is 15.2. The number of amides is 1. The Morgan fingerprint density at radius 1 is 1.05 bits per heavy atom. The van der Waals surface area contributed by atoms with Gasteiger partial charge in [0.05, 0.1) is 18.6 Å². The average Bonchev–Trinajstić information content (AvgIpc) is 2.81. The molecular formula is C29H40ClNO6. The number of esters is 1. The van der Waals surface area contributed by atoms with Crippen LogP contribution in [-0.4, -0.2) is 55.2 Å². The number of aliphatic hydroxyl groups excluding tert-OH is 1. The van der Waals surface area contributed by atoms with Crippen LogP contribution in [0.3, 0.4) is 0 Å². The molecule has 0 aliphatic carbocycles. The molecule has 2 aromatic rings. The van der Waals surface area contributed by atoms with Gasteiger partial charge in [0.2, 0.25) is 0 Å². The van der Waals surface area contributed by atoms with Gasteiger partial charge in [-0.2, -0.15) is 0 Å². The minimum Gasteiger partial charge on any atom is -0.466 e. The molecule has 0 fully saturated rings. The first-order chi connectivity index (χ1) is 17.5. The molecule has 1 amide bonds. The Morgan fingerprint density at radius 3 is 2.35 bits per heavy atom. The Labute approximate surface area is 225 Å². The molecule has 2 aromatic carbocycles. The lowest BCUT2D eigenvalue weighted by Crippen LogP contribution is -2.46. The molecule has 0 saturated heterocycles. The van der Waals surface area contributed by atoms with E-state index in [1.165, 1.54) is 0 Å². The lowest BCUT2D eigenvalue weighted by molar-refractivity contribution is -0.159. The van der Waals surface area contributed by atoms with Crippen LogP contribution in [-0.2, 0) is 25.4 Å². The van der Waals surface area contributed by atoms with Crippen LogP contribution in [0.1, 0.15) is 53.0 Å². The van der Waals surface area contributed by atoms with Crippen LogP contribution in [0.15, 0.2) is 48.5 Å². The molecule has 0 aliphatic heterocycles. The summed E-state index contributed by atoms with van der Waals surface area (Å²) in [6.45, 7) is 9.59. The topological polar surface area (TPSA) is 94.1 Å². The van der Waals surface area contributed by atoms with Gasteiger partial charge < -0.3 is 24.6 Å². The van der Waals surface area contributed by atoms with Crippen molar-refractivity contribution in [3.05, 3.63) is 59.1 Å². The maximum Gasteiger partial charge on any atom is 0.407 e. The summed E-state index contributed by atoms with van der Waals surface area (Å²) in [4.78, 5) is 25.6. The molecule has 8 heteroatoms. The van der Waals surface area contributed by atoms with Gasteiger partial charge in [-0.25, -0.2) is 4.79 Å². The van der Waals surface area contributed by atoms with Crippen molar-refractivity contribution < 1.29 is 28.9 Å². The Kier molecular flexibility index (Phi) is 11.9. The van der Waals surface area contributed by atoms with Crippen LogP contribution in [0, 0.1) is 5.41 Å². The van der Waals surface area contributed by atoms with Gasteiger partial charge >= 0.3 is 12.1 Å². The smallest absolute Gasteiger partial charge is 0.407 e. The molecule has 2 N–H and O–H groups in total. The largest absolute Gasteiger partial charge is 0.466 e. The number of rotatable bonds is 13. The summed E-state index contributed by atoms with van der Waals surface area (Å²) in [6.07, 6.45) is 0.666. The average molecular weight is 534 g/mol. The number of halogens is 1. The van der Waals surface area contributed by atoms with Crippen LogP contribution in [0.2, 0.25) is 5.02 Å². The standard InChI is InChI=1S/C29H40ClNO6/c1-6-36-26(33)29(5,20-35-16-8-15-32)19-25(31-27(34)37-28(2,3)4)17-21-11-13-22(14-12-21)23-9-7-10-24(30)18-23/h7,9-14,18,25,32H,6,8,15-17,19-20H2,1-5H3,(H,31,34)/t25-,29?/m1/s1. The van der Waals surface area contributed by atoms with Gasteiger partial charge in [0, 0.05) is 24.3 Å². The Balaban J connectivity index is 2.26. The number of alkyl carbamates (subject to hydrolysis) is 1. The van der Waals surface area contributed by atoms with Crippen molar-refractivity contribution >= 4 is 23.7 Å². The van der Waals surface area contributed by atoms with E-state index in [1.54, 1.807) is 34.6 Å². The highest BCUT2D eigenvalue weighted by Crippen LogP contribution is 2.29. The molecular weight excluding hydrogens is 494 g/mol. The summed E-state index contributed by atoms with van der Waals surface area (Å²) in [5.74, 6) is -0.397. The zero-order valence-electron chi connectivity index (χ0n) is 22.5. The van der Waals surface area contributed by atoms with E-state index >= 15 is 0 Å². The molecule has 2 atom stereocenters. The first-order valence-electron chi connectivity index (χ1n) is 12.7. The molecule has 0 saturated carbocycles. The number of nitrogens with one attached hydrogen (secondary N) is 1. The molecule has 1 unspecified atom stereocenters. The summed E-state index contributed by atoms with van der Waals surface area (Å²) in [5.41, 5.74) is 1.35. The monoisotopic (exact) mass is 533 g/mol. The van der Waals surface area contributed by atoms with Crippen molar-refractivity contribution in [1.82, 2.24) is 5.32 Å². The molecule has 0 aliphatic rings.